The Hall–Kier alpha value is -1.78. The molecule has 24 heavy (non-hydrogen) atoms. The predicted octanol–water partition coefficient (Wildman–Crippen LogP) is 3.31. The van der Waals surface area contributed by atoms with Crippen LogP contribution in [0, 0.1) is 20.8 Å². The van der Waals surface area contributed by atoms with Gasteiger partial charge in [0, 0.05) is 29.7 Å². The van der Waals surface area contributed by atoms with Gasteiger partial charge in [-0.15, -0.1) is 12.4 Å². The average Bonchev–Trinajstić information content (AvgIpc) is 2.84. The van der Waals surface area contributed by atoms with Crippen molar-refractivity contribution >= 4 is 18.3 Å². The Labute approximate surface area is 150 Å². The molecule has 1 atom stereocenters. The number of carbonyl (C=O) groups is 1. The lowest BCUT2D eigenvalue weighted by atomic mass is 10.1. The highest BCUT2D eigenvalue weighted by Gasteiger charge is 2.21. The molecule has 2 heterocycles. The lowest BCUT2D eigenvalue weighted by molar-refractivity contribution is 0.0930. The van der Waals surface area contributed by atoms with Gasteiger partial charge in [0.05, 0.1) is 5.56 Å². The molecule has 1 amide bonds. The molecule has 0 spiro atoms. The summed E-state index contributed by atoms with van der Waals surface area (Å²) in [5.41, 5.74) is 5.21. The number of amides is 1. The van der Waals surface area contributed by atoms with Gasteiger partial charge in [-0.1, -0.05) is 18.2 Å². The number of nitrogens with one attached hydrogen (secondary N) is 2. The Morgan fingerprint density at radius 2 is 2.00 bits per heavy atom. The third kappa shape index (κ3) is 3.65. The van der Waals surface area contributed by atoms with Crippen molar-refractivity contribution in [1.29, 1.82) is 0 Å². The van der Waals surface area contributed by atoms with Crippen molar-refractivity contribution in [3.8, 4) is 5.69 Å². The minimum absolute atomic E-state index is 0. The van der Waals surface area contributed by atoms with E-state index in [9.17, 15) is 4.79 Å². The third-order valence-electron chi connectivity index (χ3n) is 4.66. The molecule has 0 radical (unpaired) electrons. The van der Waals surface area contributed by atoms with Crippen molar-refractivity contribution in [1.82, 2.24) is 15.2 Å². The van der Waals surface area contributed by atoms with Crippen LogP contribution in [0.2, 0.25) is 0 Å². The molecule has 0 aliphatic carbocycles. The van der Waals surface area contributed by atoms with Gasteiger partial charge in [0.25, 0.3) is 5.91 Å². The van der Waals surface area contributed by atoms with E-state index in [2.05, 4.69) is 41.2 Å². The molecule has 2 aromatic rings. The minimum Gasteiger partial charge on any atom is -0.348 e. The van der Waals surface area contributed by atoms with Crippen molar-refractivity contribution in [2.24, 2.45) is 0 Å². The fourth-order valence-electron chi connectivity index (χ4n) is 3.42. The van der Waals surface area contributed by atoms with Crippen molar-refractivity contribution in [2.45, 2.75) is 39.7 Å². The van der Waals surface area contributed by atoms with Gasteiger partial charge in [0.1, 0.15) is 0 Å². The number of piperidine rings is 1. The second-order valence-corrected chi connectivity index (χ2v) is 6.42. The summed E-state index contributed by atoms with van der Waals surface area (Å²) in [5, 5.41) is 6.50. The molecule has 4 nitrogen and oxygen atoms in total. The first-order valence-electron chi connectivity index (χ1n) is 8.34. The predicted molar refractivity (Wildman–Crippen MR) is 101 cm³/mol. The smallest absolute Gasteiger partial charge is 0.253 e. The summed E-state index contributed by atoms with van der Waals surface area (Å²) >= 11 is 0. The van der Waals surface area contributed by atoms with Crippen LogP contribution in [0.1, 0.15) is 40.2 Å². The zero-order valence-corrected chi connectivity index (χ0v) is 15.4. The Balaban J connectivity index is 0.00000208. The van der Waals surface area contributed by atoms with Crippen LogP contribution in [-0.4, -0.2) is 29.6 Å². The number of hydrogen-bond donors (Lipinski definition) is 2. The lowest BCUT2D eigenvalue weighted by Crippen LogP contribution is -2.45. The van der Waals surface area contributed by atoms with E-state index in [1.165, 1.54) is 5.56 Å². The maximum atomic E-state index is 12.7. The first-order chi connectivity index (χ1) is 11.1. The van der Waals surface area contributed by atoms with Gasteiger partial charge in [-0.3, -0.25) is 4.79 Å². The van der Waals surface area contributed by atoms with E-state index in [1.54, 1.807) is 0 Å². The van der Waals surface area contributed by atoms with Gasteiger partial charge in [0.15, 0.2) is 0 Å². The average molecular weight is 348 g/mol. The topological polar surface area (TPSA) is 46.1 Å². The van der Waals surface area contributed by atoms with Gasteiger partial charge < -0.3 is 15.2 Å². The number of carbonyl (C=O) groups excluding carboxylic acids is 1. The second kappa shape index (κ2) is 7.86. The highest BCUT2D eigenvalue weighted by Crippen LogP contribution is 2.23. The SMILES string of the molecule is Cc1ccccc1-n1c(C)cc(C(=O)NC2CCCNC2)c1C.Cl. The van der Waals surface area contributed by atoms with Crippen molar-refractivity contribution in [3.63, 3.8) is 0 Å². The monoisotopic (exact) mass is 347 g/mol. The van der Waals surface area contributed by atoms with Crippen LogP contribution in [0.15, 0.2) is 30.3 Å². The minimum atomic E-state index is 0. The molecule has 1 saturated heterocycles. The van der Waals surface area contributed by atoms with Gasteiger partial charge >= 0.3 is 0 Å². The van der Waals surface area contributed by atoms with Crippen LogP contribution >= 0.6 is 12.4 Å². The van der Waals surface area contributed by atoms with E-state index < -0.39 is 0 Å². The zero-order chi connectivity index (χ0) is 16.4. The van der Waals surface area contributed by atoms with Crippen LogP contribution < -0.4 is 10.6 Å². The number of hydrogen-bond acceptors (Lipinski definition) is 2. The molecule has 5 heteroatoms. The maximum absolute atomic E-state index is 12.7. The first kappa shape index (κ1) is 18.6. The number of aryl methyl sites for hydroxylation is 2. The number of benzene rings is 1. The Bertz CT molecular complexity index is 717. The molecule has 1 aromatic heterocycles. The fourth-order valence-corrected chi connectivity index (χ4v) is 3.42. The summed E-state index contributed by atoms with van der Waals surface area (Å²) in [4.78, 5) is 12.7. The molecule has 0 bridgehead atoms. The molecule has 0 saturated carbocycles. The van der Waals surface area contributed by atoms with Crippen molar-refractivity contribution in [3.05, 3.63) is 52.8 Å². The summed E-state index contributed by atoms with van der Waals surface area (Å²) in [6.45, 7) is 8.09. The highest BCUT2D eigenvalue weighted by molar-refractivity contribution is 5.96. The second-order valence-electron chi connectivity index (χ2n) is 6.42. The summed E-state index contributed by atoms with van der Waals surface area (Å²) in [7, 11) is 0. The van der Waals surface area contributed by atoms with E-state index in [4.69, 9.17) is 0 Å². The quantitative estimate of drug-likeness (QED) is 0.894. The third-order valence-corrected chi connectivity index (χ3v) is 4.66. The number of rotatable bonds is 3. The molecule has 1 aromatic carbocycles. The number of aromatic nitrogens is 1. The van der Waals surface area contributed by atoms with Crippen molar-refractivity contribution < 1.29 is 4.79 Å². The van der Waals surface area contributed by atoms with E-state index >= 15 is 0 Å². The van der Waals surface area contributed by atoms with Gasteiger partial charge in [-0.25, -0.2) is 0 Å². The van der Waals surface area contributed by atoms with Crippen LogP contribution in [0.25, 0.3) is 5.69 Å². The van der Waals surface area contributed by atoms with Gasteiger partial charge in [-0.2, -0.15) is 0 Å². The number of nitrogens with zero attached hydrogens (tertiary/aromatic N) is 1. The van der Waals surface area contributed by atoms with Crippen LogP contribution in [0.4, 0.5) is 0 Å². The molecular formula is C19H26ClN3O. The summed E-state index contributed by atoms with van der Waals surface area (Å²) in [6, 6.07) is 10.5. The summed E-state index contributed by atoms with van der Waals surface area (Å²) in [6.07, 6.45) is 2.17. The first-order valence-corrected chi connectivity index (χ1v) is 8.34. The zero-order valence-electron chi connectivity index (χ0n) is 14.6. The van der Waals surface area contributed by atoms with E-state index in [0.717, 1.165) is 48.6 Å². The summed E-state index contributed by atoms with van der Waals surface area (Å²) in [5.74, 6) is 0.0339. The molecule has 130 valence electrons. The maximum Gasteiger partial charge on any atom is 0.253 e. The molecule has 1 unspecified atom stereocenters. The molecule has 1 aliphatic rings. The van der Waals surface area contributed by atoms with Gasteiger partial charge in [-0.05, 0) is 57.9 Å². The van der Waals surface area contributed by atoms with Gasteiger partial charge in [0.2, 0.25) is 0 Å². The molecule has 1 fully saturated rings. The largest absolute Gasteiger partial charge is 0.348 e. The van der Waals surface area contributed by atoms with E-state index in [1.807, 2.05) is 25.1 Å². The normalized spacial score (nSPS) is 17.2. The molecule has 1 aliphatic heterocycles. The number of halogens is 1. The standard InChI is InChI=1S/C19H25N3O.ClH/c1-13-7-4-5-9-18(13)22-14(2)11-17(15(22)3)19(23)21-16-8-6-10-20-12-16;/h4-5,7,9,11,16,20H,6,8,10,12H2,1-3H3,(H,21,23);1H. The molecule has 2 N–H and O–H groups in total. The van der Waals surface area contributed by atoms with Crippen LogP contribution in [0.3, 0.4) is 0 Å². The fraction of sp³-hybridized carbons (Fsp3) is 0.421. The van der Waals surface area contributed by atoms with E-state index in [-0.39, 0.29) is 24.4 Å². The Morgan fingerprint density at radius 3 is 2.67 bits per heavy atom. The molecule has 3 rings (SSSR count). The Morgan fingerprint density at radius 1 is 1.25 bits per heavy atom. The van der Waals surface area contributed by atoms with Crippen LogP contribution in [-0.2, 0) is 0 Å². The molecular weight excluding hydrogens is 322 g/mol. The van der Waals surface area contributed by atoms with Crippen LogP contribution in [0.5, 0.6) is 0 Å². The highest BCUT2D eigenvalue weighted by atomic mass is 35.5. The summed E-state index contributed by atoms with van der Waals surface area (Å²) < 4.78 is 2.17. The number of para-hydroxylation sites is 1. The van der Waals surface area contributed by atoms with E-state index in [0.29, 0.717) is 0 Å². The van der Waals surface area contributed by atoms with Crippen molar-refractivity contribution in [2.75, 3.05) is 13.1 Å². The lowest BCUT2D eigenvalue weighted by Gasteiger charge is -2.23. The Kier molecular flexibility index (Phi) is 6.08.